The summed E-state index contributed by atoms with van der Waals surface area (Å²) in [5, 5.41) is 7.15. The molecule has 0 bridgehead atoms. The Morgan fingerprint density at radius 2 is 2.35 bits per heavy atom. The molecule has 2 rings (SSSR count). The van der Waals surface area contributed by atoms with E-state index in [4.69, 9.17) is 0 Å². The van der Waals surface area contributed by atoms with Gasteiger partial charge in [-0.2, -0.15) is 11.3 Å². The van der Waals surface area contributed by atoms with Crippen LogP contribution in [0.5, 0.6) is 0 Å². The third-order valence-electron chi connectivity index (χ3n) is 3.21. The van der Waals surface area contributed by atoms with Crippen LogP contribution in [-0.4, -0.2) is 10.9 Å². The third-order valence-corrected chi connectivity index (χ3v) is 3.95. The van der Waals surface area contributed by atoms with E-state index in [1.54, 1.807) is 17.5 Å². The maximum Gasteiger partial charge on any atom is 0.224 e. The Bertz CT molecular complexity index is 511. The van der Waals surface area contributed by atoms with Crippen molar-refractivity contribution in [2.24, 2.45) is 0 Å². The number of rotatable bonds is 7. The molecule has 3 nitrogen and oxygen atoms in total. The van der Waals surface area contributed by atoms with Gasteiger partial charge in [-0.05, 0) is 40.4 Å². The smallest absolute Gasteiger partial charge is 0.224 e. The van der Waals surface area contributed by atoms with Gasteiger partial charge in [0.2, 0.25) is 5.91 Å². The molecular weight excluding hydrogens is 268 g/mol. The Labute approximate surface area is 124 Å². The molecule has 0 saturated heterocycles. The fraction of sp³-hybridized carbons (Fsp3) is 0.375. The van der Waals surface area contributed by atoms with Gasteiger partial charge in [-0.15, -0.1) is 0 Å². The molecule has 0 fully saturated rings. The van der Waals surface area contributed by atoms with Crippen LogP contribution >= 0.6 is 11.3 Å². The molecule has 20 heavy (non-hydrogen) atoms. The lowest BCUT2D eigenvalue weighted by atomic mass is 10.0. The number of aromatic nitrogens is 1. The van der Waals surface area contributed by atoms with Gasteiger partial charge >= 0.3 is 0 Å². The predicted molar refractivity (Wildman–Crippen MR) is 82.7 cm³/mol. The minimum Gasteiger partial charge on any atom is -0.349 e. The molecule has 4 heteroatoms. The molecular formula is C16H20N2OS. The zero-order valence-electron chi connectivity index (χ0n) is 11.7. The van der Waals surface area contributed by atoms with Crippen molar-refractivity contribution >= 4 is 17.2 Å². The van der Waals surface area contributed by atoms with E-state index in [0.717, 1.165) is 30.4 Å². The highest BCUT2D eigenvalue weighted by molar-refractivity contribution is 7.07. The first-order valence-electron chi connectivity index (χ1n) is 7.00. The number of thiophene rings is 1. The summed E-state index contributed by atoms with van der Waals surface area (Å²) < 4.78 is 0. The van der Waals surface area contributed by atoms with Crippen LogP contribution in [0.4, 0.5) is 0 Å². The van der Waals surface area contributed by atoms with Gasteiger partial charge in [0, 0.05) is 12.4 Å². The summed E-state index contributed by atoms with van der Waals surface area (Å²) in [5.74, 6) is 0.0772. The lowest BCUT2D eigenvalue weighted by Gasteiger charge is -2.18. The second-order valence-electron chi connectivity index (χ2n) is 4.86. The molecule has 106 valence electrons. The highest BCUT2D eigenvalue weighted by Gasteiger charge is 2.14. The normalized spacial score (nSPS) is 12.1. The van der Waals surface area contributed by atoms with Crippen molar-refractivity contribution in [1.82, 2.24) is 10.3 Å². The molecule has 0 aliphatic rings. The molecule has 0 aliphatic heterocycles. The maximum absolute atomic E-state index is 12.1. The molecule has 2 aromatic heterocycles. The van der Waals surface area contributed by atoms with Crippen molar-refractivity contribution < 1.29 is 4.79 Å². The van der Waals surface area contributed by atoms with Gasteiger partial charge in [-0.3, -0.25) is 9.78 Å². The molecule has 2 aromatic rings. The summed E-state index contributed by atoms with van der Waals surface area (Å²) >= 11 is 1.62. The van der Waals surface area contributed by atoms with Crippen molar-refractivity contribution in [3.63, 3.8) is 0 Å². The van der Waals surface area contributed by atoms with Crippen LogP contribution in [0.25, 0.3) is 0 Å². The number of nitrogens with zero attached hydrogens (tertiary/aromatic N) is 1. The average molecular weight is 288 g/mol. The fourth-order valence-corrected chi connectivity index (χ4v) is 2.81. The number of amides is 1. The average Bonchev–Trinajstić information content (AvgIpc) is 2.97. The number of pyridine rings is 1. The first kappa shape index (κ1) is 14.7. The highest BCUT2D eigenvalue weighted by atomic mass is 32.1. The fourth-order valence-electron chi connectivity index (χ4n) is 2.14. The van der Waals surface area contributed by atoms with Crippen LogP contribution in [-0.2, 0) is 11.2 Å². The molecule has 0 aromatic carbocycles. The van der Waals surface area contributed by atoms with E-state index in [1.165, 1.54) is 0 Å². The summed E-state index contributed by atoms with van der Waals surface area (Å²) in [6.07, 6.45) is 7.22. The van der Waals surface area contributed by atoms with Crippen molar-refractivity contribution in [2.45, 2.75) is 38.6 Å². The lowest BCUT2D eigenvalue weighted by molar-refractivity contribution is -0.121. The van der Waals surface area contributed by atoms with E-state index < -0.39 is 0 Å². The molecule has 0 aliphatic carbocycles. The summed E-state index contributed by atoms with van der Waals surface area (Å²) in [6, 6.07) is 6.00. The van der Waals surface area contributed by atoms with Gasteiger partial charge < -0.3 is 5.32 Å². The number of hydrogen-bond donors (Lipinski definition) is 1. The third kappa shape index (κ3) is 4.46. The van der Waals surface area contributed by atoms with Gasteiger partial charge in [0.25, 0.3) is 0 Å². The van der Waals surface area contributed by atoms with Crippen LogP contribution in [0.1, 0.15) is 43.4 Å². The van der Waals surface area contributed by atoms with Crippen LogP contribution < -0.4 is 5.32 Å². The van der Waals surface area contributed by atoms with Crippen molar-refractivity contribution in [3.8, 4) is 0 Å². The van der Waals surface area contributed by atoms with E-state index in [0.29, 0.717) is 6.42 Å². The maximum atomic E-state index is 12.1. The highest BCUT2D eigenvalue weighted by Crippen LogP contribution is 2.19. The number of carbonyl (C=O) groups excluding carboxylic acids is 1. The number of carbonyl (C=O) groups is 1. The lowest BCUT2D eigenvalue weighted by Crippen LogP contribution is -2.29. The summed E-state index contributed by atoms with van der Waals surface area (Å²) in [5.41, 5.74) is 2.16. The second-order valence-corrected chi connectivity index (χ2v) is 5.64. The van der Waals surface area contributed by atoms with Crippen LogP contribution in [0.3, 0.4) is 0 Å². The van der Waals surface area contributed by atoms with E-state index in [9.17, 15) is 4.79 Å². The second kappa shape index (κ2) is 7.80. The predicted octanol–water partition coefficient (Wildman–Crippen LogP) is 3.73. The van der Waals surface area contributed by atoms with Crippen LogP contribution in [0, 0.1) is 0 Å². The molecule has 1 amide bonds. The summed E-state index contributed by atoms with van der Waals surface area (Å²) in [6.45, 7) is 2.16. The molecule has 0 saturated carbocycles. The topological polar surface area (TPSA) is 42.0 Å². The van der Waals surface area contributed by atoms with Gasteiger partial charge in [0.15, 0.2) is 0 Å². The van der Waals surface area contributed by atoms with Gasteiger partial charge in [0.05, 0.1) is 12.5 Å². The summed E-state index contributed by atoms with van der Waals surface area (Å²) in [7, 11) is 0. The van der Waals surface area contributed by atoms with Gasteiger partial charge in [0.1, 0.15) is 0 Å². The molecule has 1 N–H and O–H groups in total. The first-order valence-corrected chi connectivity index (χ1v) is 7.94. The summed E-state index contributed by atoms with van der Waals surface area (Å²) in [4.78, 5) is 16.3. The van der Waals surface area contributed by atoms with E-state index in [1.807, 2.05) is 35.2 Å². The Hall–Kier alpha value is -1.68. The molecule has 2 heterocycles. The SMILES string of the molecule is CCCC[C@H](NC(=O)Cc1ccsc1)c1cccnc1. The molecule has 0 unspecified atom stereocenters. The Morgan fingerprint density at radius 1 is 1.45 bits per heavy atom. The zero-order chi connectivity index (χ0) is 14.2. The molecule has 0 spiro atoms. The zero-order valence-corrected chi connectivity index (χ0v) is 12.5. The largest absolute Gasteiger partial charge is 0.349 e. The number of hydrogen-bond acceptors (Lipinski definition) is 3. The first-order chi connectivity index (χ1) is 9.79. The van der Waals surface area contributed by atoms with E-state index in [-0.39, 0.29) is 11.9 Å². The number of unbranched alkanes of at least 4 members (excludes halogenated alkanes) is 1. The molecule has 1 atom stereocenters. The van der Waals surface area contributed by atoms with Gasteiger partial charge in [-0.1, -0.05) is 25.8 Å². The molecule has 0 radical (unpaired) electrons. The minimum absolute atomic E-state index is 0.0646. The Morgan fingerprint density at radius 3 is 3.00 bits per heavy atom. The number of nitrogens with one attached hydrogen (secondary N) is 1. The van der Waals surface area contributed by atoms with Crippen molar-refractivity contribution in [3.05, 3.63) is 52.5 Å². The van der Waals surface area contributed by atoms with Crippen LogP contribution in [0.2, 0.25) is 0 Å². The Balaban J connectivity index is 1.98. The van der Waals surface area contributed by atoms with Gasteiger partial charge in [-0.25, -0.2) is 0 Å². The van der Waals surface area contributed by atoms with Crippen molar-refractivity contribution in [1.29, 1.82) is 0 Å². The Kier molecular flexibility index (Phi) is 5.74. The van der Waals surface area contributed by atoms with Crippen molar-refractivity contribution in [2.75, 3.05) is 0 Å². The standard InChI is InChI=1S/C16H20N2OS/c1-2-3-6-15(14-5-4-8-17-11-14)18-16(19)10-13-7-9-20-12-13/h4-5,7-9,11-12,15H,2-3,6,10H2,1H3,(H,18,19)/t15-/m0/s1. The quantitative estimate of drug-likeness (QED) is 0.843. The minimum atomic E-state index is 0.0646. The monoisotopic (exact) mass is 288 g/mol. The van der Waals surface area contributed by atoms with E-state index in [2.05, 4.69) is 17.2 Å². The van der Waals surface area contributed by atoms with E-state index >= 15 is 0 Å². The van der Waals surface area contributed by atoms with Crippen LogP contribution in [0.15, 0.2) is 41.4 Å².